The molecule has 0 saturated carbocycles. The van der Waals surface area contributed by atoms with E-state index in [0.717, 1.165) is 6.07 Å². The van der Waals surface area contributed by atoms with Crippen molar-refractivity contribution in [2.75, 3.05) is 0 Å². The molecule has 5 nitrogen and oxygen atoms in total. The molecule has 0 radical (unpaired) electrons. The van der Waals surface area contributed by atoms with E-state index in [1.165, 1.54) is 18.2 Å². The zero-order valence-electron chi connectivity index (χ0n) is 17.4. The number of alkyl halides is 3. The van der Waals surface area contributed by atoms with Crippen LogP contribution >= 0.6 is 0 Å². The maximum absolute atomic E-state index is 14.1. The van der Waals surface area contributed by atoms with Gasteiger partial charge >= 0.3 is 27.2 Å². The van der Waals surface area contributed by atoms with Crippen LogP contribution in [-0.4, -0.2) is 24.5 Å². The van der Waals surface area contributed by atoms with Crippen LogP contribution in [0.3, 0.4) is 0 Å². The van der Waals surface area contributed by atoms with Crippen LogP contribution in [0.2, 0.25) is 0 Å². The number of hydrogen-bond donors (Lipinski definition) is 0. The Labute approximate surface area is 204 Å². The van der Waals surface area contributed by atoms with E-state index < -0.39 is 35.3 Å². The minimum Gasteiger partial charge on any atom is -0.441 e. The molecule has 4 heterocycles. The molecule has 0 aliphatic heterocycles. The Hall–Kier alpha value is -3.07. The van der Waals surface area contributed by atoms with Gasteiger partial charge in [0, 0.05) is 22.6 Å². The molecule has 0 spiro atoms. The number of halogens is 6. The molecule has 4 rings (SSSR count). The first-order valence-electron chi connectivity index (χ1n) is 9.41. The van der Waals surface area contributed by atoms with Gasteiger partial charge in [-0.2, -0.15) is 17.6 Å². The number of rotatable bonds is 4. The Morgan fingerprint density at radius 3 is 2.15 bits per heavy atom. The SMILES string of the molecule is CC(C)(c1cccc(-c2[c-]cc(F)nc2F)n1)c1cccc(-n2[c-]c(F)nc2C(F)(F)F)n1.[Pt+2]. The van der Waals surface area contributed by atoms with Gasteiger partial charge in [-0.25, -0.2) is 8.78 Å². The van der Waals surface area contributed by atoms with Gasteiger partial charge < -0.3 is 9.55 Å². The molecule has 0 bridgehead atoms. The molecule has 0 atom stereocenters. The standard InChI is InChI=1S/C22H13F6N5.Pt/c1-21(2,14-6-3-5-13(29-14)12-9-10-16(23)31-19(12)25)15-7-4-8-18(30-15)33-11-17(24)32-20(33)22(26,27)28;/h3-8,10H,1-2H3;/q-2;+2. The van der Waals surface area contributed by atoms with Crippen LogP contribution < -0.4 is 0 Å². The van der Waals surface area contributed by atoms with Gasteiger partial charge in [-0.05, 0) is 37.9 Å². The van der Waals surface area contributed by atoms with E-state index in [-0.39, 0.29) is 38.1 Å². The van der Waals surface area contributed by atoms with Gasteiger partial charge in [0.05, 0.1) is 0 Å². The van der Waals surface area contributed by atoms with E-state index >= 15 is 0 Å². The summed E-state index contributed by atoms with van der Waals surface area (Å²) in [6.45, 7) is 3.41. The summed E-state index contributed by atoms with van der Waals surface area (Å²) in [6.07, 6.45) is -3.04. The van der Waals surface area contributed by atoms with E-state index in [4.69, 9.17) is 0 Å². The summed E-state index contributed by atoms with van der Waals surface area (Å²) in [5, 5.41) is 0. The Kier molecular flexibility index (Phi) is 6.98. The van der Waals surface area contributed by atoms with Crippen molar-refractivity contribution in [3.63, 3.8) is 0 Å². The first-order valence-corrected chi connectivity index (χ1v) is 9.41. The average molecular weight is 656 g/mol. The molecule has 0 aliphatic rings. The Morgan fingerprint density at radius 2 is 1.50 bits per heavy atom. The first kappa shape index (κ1) is 25.5. The summed E-state index contributed by atoms with van der Waals surface area (Å²) in [6, 6.07) is 12.3. The number of pyridine rings is 3. The third-order valence-electron chi connectivity index (χ3n) is 4.87. The molecule has 34 heavy (non-hydrogen) atoms. The quantitative estimate of drug-likeness (QED) is 0.175. The molecule has 0 aliphatic carbocycles. The zero-order chi connectivity index (χ0) is 24.0. The largest absolute Gasteiger partial charge is 2.00 e. The third-order valence-corrected chi connectivity index (χ3v) is 4.87. The van der Waals surface area contributed by atoms with Crippen LogP contribution in [0.15, 0.2) is 42.5 Å². The van der Waals surface area contributed by atoms with Crippen molar-refractivity contribution in [2.24, 2.45) is 0 Å². The second-order valence-electron chi connectivity index (χ2n) is 7.47. The minimum atomic E-state index is -4.92. The van der Waals surface area contributed by atoms with Crippen LogP contribution in [0, 0.1) is 30.1 Å². The van der Waals surface area contributed by atoms with Crippen molar-refractivity contribution < 1.29 is 47.4 Å². The summed E-state index contributed by atoms with van der Waals surface area (Å²) in [5.41, 5.74) is -0.311. The Balaban J connectivity index is 0.00000324. The maximum atomic E-state index is 14.1. The normalized spacial score (nSPS) is 11.9. The number of hydrogen-bond acceptors (Lipinski definition) is 4. The van der Waals surface area contributed by atoms with Gasteiger partial charge in [0.2, 0.25) is 0 Å². The van der Waals surface area contributed by atoms with E-state index in [1.54, 1.807) is 32.0 Å². The average Bonchev–Trinajstić information content (AvgIpc) is 3.16. The molecule has 0 aromatic carbocycles. The smallest absolute Gasteiger partial charge is 0.441 e. The molecule has 0 fully saturated rings. The third kappa shape index (κ3) is 4.89. The Morgan fingerprint density at radius 1 is 0.853 bits per heavy atom. The van der Waals surface area contributed by atoms with Crippen LogP contribution in [0.25, 0.3) is 17.1 Å². The topological polar surface area (TPSA) is 56.5 Å². The van der Waals surface area contributed by atoms with Crippen LogP contribution in [0.1, 0.15) is 31.1 Å². The van der Waals surface area contributed by atoms with Crippen molar-refractivity contribution in [2.45, 2.75) is 25.4 Å². The monoisotopic (exact) mass is 656 g/mol. The summed E-state index contributed by atoms with van der Waals surface area (Å²) < 4.78 is 80.8. The first-order chi connectivity index (χ1) is 15.5. The van der Waals surface area contributed by atoms with Gasteiger partial charge in [0.1, 0.15) is 17.7 Å². The predicted molar refractivity (Wildman–Crippen MR) is 104 cm³/mol. The van der Waals surface area contributed by atoms with Crippen molar-refractivity contribution in [1.29, 1.82) is 0 Å². The predicted octanol–water partition coefficient (Wildman–Crippen LogP) is 5.08. The molecule has 0 unspecified atom stereocenters. The molecule has 12 heteroatoms. The number of imidazole rings is 1. The fourth-order valence-corrected chi connectivity index (χ4v) is 3.17. The summed E-state index contributed by atoms with van der Waals surface area (Å²) in [5.74, 6) is -5.29. The number of nitrogens with zero attached hydrogens (tertiary/aromatic N) is 5. The van der Waals surface area contributed by atoms with Crippen molar-refractivity contribution in [1.82, 2.24) is 24.5 Å². The van der Waals surface area contributed by atoms with Crippen molar-refractivity contribution >= 4 is 0 Å². The van der Waals surface area contributed by atoms with E-state index in [1.807, 2.05) is 6.20 Å². The van der Waals surface area contributed by atoms with Crippen LogP contribution in [-0.2, 0) is 32.7 Å². The van der Waals surface area contributed by atoms with E-state index in [9.17, 15) is 26.3 Å². The fourth-order valence-electron chi connectivity index (χ4n) is 3.17. The van der Waals surface area contributed by atoms with Gasteiger partial charge in [-0.15, -0.1) is 6.07 Å². The minimum absolute atomic E-state index is 0. The molecule has 4 aromatic heterocycles. The molecule has 0 N–H and O–H groups in total. The van der Waals surface area contributed by atoms with Crippen molar-refractivity contribution in [3.8, 4) is 17.1 Å². The molecule has 4 aromatic rings. The van der Waals surface area contributed by atoms with E-state index in [2.05, 4.69) is 26.0 Å². The van der Waals surface area contributed by atoms with Crippen molar-refractivity contribution in [3.05, 3.63) is 89.8 Å². The summed E-state index contributed by atoms with van der Waals surface area (Å²) >= 11 is 0. The maximum Gasteiger partial charge on any atom is 2.00 e. The van der Waals surface area contributed by atoms with Gasteiger partial charge in [-0.1, -0.05) is 35.9 Å². The van der Waals surface area contributed by atoms with Gasteiger partial charge in [-0.3, -0.25) is 15.0 Å². The van der Waals surface area contributed by atoms with Gasteiger partial charge in [0.15, 0.2) is 5.95 Å². The molecular formula is C22H13F6N5Pt. The second kappa shape index (κ2) is 9.29. The van der Waals surface area contributed by atoms with Gasteiger partial charge in [0.25, 0.3) is 0 Å². The number of aromatic nitrogens is 5. The molecule has 0 amide bonds. The molecule has 0 saturated heterocycles. The van der Waals surface area contributed by atoms with Crippen LogP contribution in [0.4, 0.5) is 26.3 Å². The molecular weight excluding hydrogens is 643 g/mol. The Bertz CT molecular complexity index is 1340. The van der Waals surface area contributed by atoms with E-state index in [0.29, 0.717) is 16.0 Å². The van der Waals surface area contributed by atoms with Crippen LogP contribution in [0.5, 0.6) is 0 Å². The molecule has 178 valence electrons. The summed E-state index contributed by atoms with van der Waals surface area (Å²) in [7, 11) is 0. The zero-order valence-corrected chi connectivity index (χ0v) is 19.6. The summed E-state index contributed by atoms with van der Waals surface area (Å²) in [4.78, 5) is 14.6. The second-order valence-corrected chi connectivity index (χ2v) is 7.47. The fraction of sp³-hybridized carbons (Fsp3) is 0.182.